The monoisotopic (exact) mass is 231 g/mol. The molecule has 0 aliphatic carbocycles. The first-order valence-electron chi connectivity index (χ1n) is 3.06. The average Bonchev–Trinajstić information content (AvgIpc) is 1.83. The van der Waals surface area contributed by atoms with Crippen molar-refractivity contribution in [1.82, 2.24) is 0 Å². The molecule has 0 aromatic heterocycles. The van der Waals surface area contributed by atoms with Crippen LogP contribution in [0, 0.1) is 0 Å². The molecule has 0 heterocycles. The zero-order valence-corrected chi connectivity index (χ0v) is 8.36. The maximum atomic E-state index is 10.0. The zero-order chi connectivity index (χ0) is 9.61. The topological polar surface area (TPSA) is 52.3 Å². The highest BCUT2D eigenvalue weighted by molar-refractivity contribution is 6.67. The third-order valence-electron chi connectivity index (χ3n) is 0.838. The lowest BCUT2D eigenvalue weighted by Crippen LogP contribution is -2.12. The second kappa shape index (κ2) is 5.51. The van der Waals surface area contributed by atoms with Crippen LogP contribution in [0.2, 0.25) is 0 Å². The fraction of sp³-hybridized carbons (Fsp3) is 0.500. The average molecular weight is 232 g/mol. The lowest BCUT2D eigenvalue weighted by molar-refractivity contribution is 0.169. The molecule has 0 radical (unpaired) electrons. The first-order chi connectivity index (χ1) is 5.42. The van der Waals surface area contributed by atoms with Crippen LogP contribution in [0.4, 0.5) is 4.79 Å². The molecule has 0 fully saturated rings. The molecule has 0 atom stereocenters. The molecule has 0 aromatic rings. The predicted molar refractivity (Wildman–Crippen MR) is 49.6 cm³/mol. The molecule has 0 rings (SSSR count). The van der Waals surface area contributed by atoms with Crippen molar-refractivity contribution in [2.75, 3.05) is 6.61 Å². The number of amides is 1. The Bertz CT molecular complexity index is 176. The van der Waals surface area contributed by atoms with E-state index in [9.17, 15) is 4.79 Å². The van der Waals surface area contributed by atoms with Gasteiger partial charge < -0.3 is 10.5 Å². The van der Waals surface area contributed by atoms with Crippen LogP contribution in [-0.4, -0.2) is 16.5 Å². The summed E-state index contributed by atoms with van der Waals surface area (Å²) in [5.41, 5.74) is 4.69. The summed E-state index contributed by atoms with van der Waals surface area (Å²) in [4.78, 5) is 10.0. The molecule has 0 bridgehead atoms. The number of carbonyl (C=O) groups is 1. The maximum absolute atomic E-state index is 10.0. The number of hydrogen-bond donors (Lipinski definition) is 1. The predicted octanol–water partition coefficient (Wildman–Crippen LogP) is 2.40. The molecule has 0 spiro atoms. The first kappa shape index (κ1) is 11.9. The molecule has 12 heavy (non-hydrogen) atoms. The third kappa shape index (κ3) is 9.88. The van der Waals surface area contributed by atoms with Crippen LogP contribution in [0.15, 0.2) is 12.2 Å². The van der Waals surface area contributed by atoms with Crippen LogP contribution >= 0.6 is 34.8 Å². The van der Waals surface area contributed by atoms with E-state index in [0.29, 0.717) is 0 Å². The van der Waals surface area contributed by atoms with E-state index in [0.717, 1.165) is 0 Å². The molecule has 3 nitrogen and oxygen atoms in total. The molecule has 0 unspecified atom stereocenters. The Hall–Kier alpha value is -0.120. The number of alkyl halides is 3. The third-order valence-corrected chi connectivity index (χ3v) is 1.30. The van der Waals surface area contributed by atoms with Crippen LogP contribution in [-0.2, 0) is 4.74 Å². The van der Waals surface area contributed by atoms with E-state index < -0.39 is 9.89 Å². The highest BCUT2D eigenvalue weighted by Crippen LogP contribution is 2.30. The van der Waals surface area contributed by atoms with Gasteiger partial charge in [-0.1, -0.05) is 47.0 Å². The van der Waals surface area contributed by atoms with Crippen molar-refractivity contribution >= 4 is 40.9 Å². The van der Waals surface area contributed by atoms with E-state index in [1.807, 2.05) is 0 Å². The standard InChI is InChI=1S/C6H8Cl3NO2/c7-6(8,9)3-1-2-4-12-5(10)11/h1-2H,3-4H2,(H2,10,11). The highest BCUT2D eigenvalue weighted by Gasteiger charge is 2.16. The molecule has 6 heteroatoms. The van der Waals surface area contributed by atoms with Gasteiger partial charge in [0.25, 0.3) is 0 Å². The summed E-state index contributed by atoms with van der Waals surface area (Å²) in [6.07, 6.45) is 2.58. The second-order valence-electron chi connectivity index (χ2n) is 1.92. The summed E-state index contributed by atoms with van der Waals surface area (Å²) in [6.45, 7) is 0.0933. The van der Waals surface area contributed by atoms with Crippen molar-refractivity contribution in [2.24, 2.45) is 5.73 Å². The van der Waals surface area contributed by atoms with Crippen LogP contribution in [0.1, 0.15) is 6.42 Å². The fourth-order valence-corrected chi connectivity index (χ4v) is 0.683. The minimum atomic E-state index is -1.30. The Labute approximate surface area is 85.4 Å². The molecule has 0 aliphatic heterocycles. The van der Waals surface area contributed by atoms with Crippen molar-refractivity contribution in [1.29, 1.82) is 0 Å². The second-order valence-corrected chi connectivity index (χ2v) is 4.44. The van der Waals surface area contributed by atoms with Gasteiger partial charge in [0.2, 0.25) is 0 Å². The molecule has 70 valence electrons. The number of halogens is 3. The van der Waals surface area contributed by atoms with E-state index in [1.54, 1.807) is 12.2 Å². The summed E-state index contributed by atoms with van der Waals surface area (Å²) in [7, 11) is 0. The summed E-state index contributed by atoms with van der Waals surface area (Å²) >= 11 is 16.3. The number of primary amides is 1. The van der Waals surface area contributed by atoms with Crippen molar-refractivity contribution in [3.63, 3.8) is 0 Å². The highest BCUT2D eigenvalue weighted by atomic mass is 35.6. The Kier molecular flexibility index (Phi) is 5.46. The Morgan fingerprint density at radius 3 is 2.42 bits per heavy atom. The van der Waals surface area contributed by atoms with E-state index in [4.69, 9.17) is 34.8 Å². The lowest BCUT2D eigenvalue weighted by Gasteiger charge is -2.05. The van der Waals surface area contributed by atoms with Gasteiger partial charge in [-0.05, 0) is 0 Å². The minimum Gasteiger partial charge on any atom is -0.445 e. The van der Waals surface area contributed by atoms with Gasteiger partial charge in [0.05, 0.1) is 0 Å². The molecular weight excluding hydrogens is 224 g/mol. The lowest BCUT2D eigenvalue weighted by atomic mass is 10.4. The Balaban J connectivity index is 3.45. The summed E-state index contributed by atoms with van der Waals surface area (Å²) in [6, 6.07) is 0. The fourth-order valence-electron chi connectivity index (χ4n) is 0.415. The Morgan fingerprint density at radius 1 is 1.42 bits per heavy atom. The number of allylic oxidation sites excluding steroid dienone is 1. The van der Waals surface area contributed by atoms with Crippen molar-refractivity contribution in [3.05, 3.63) is 12.2 Å². The molecule has 0 saturated heterocycles. The molecular formula is C6H8Cl3NO2. The van der Waals surface area contributed by atoms with E-state index in [2.05, 4.69) is 10.5 Å². The minimum absolute atomic E-state index is 0.0933. The van der Waals surface area contributed by atoms with Crippen LogP contribution in [0.25, 0.3) is 0 Å². The summed E-state index contributed by atoms with van der Waals surface area (Å²) in [5, 5.41) is 0. The molecule has 0 saturated carbocycles. The number of hydrogen-bond acceptors (Lipinski definition) is 2. The van der Waals surface area contributed by atoms with Crippen LogP contribution in [0.3, 0.4) is 0 Å². The largest absolute Gasteiger partial charge is 0.445 e. The molecule has 0 aliphatic rings. The van der Waals surface area contributed by atoms with E-state index in [1.165, 1.54) is 0 Å². The van der Waals surface area contributed by atoms with Gasteiger partial charge in [0.15, 0.2) is 3.79 Å². The van der Waals surface area contributed by atoms with Crippen molar-refractivity contribution < 1.29 is 9.53 Å². The van der Waals surface area contributed by atoms with Gasteiger partial charge >= 0.3 is 6.09 Å². The number of ether oxygens (including phenoxy) is 1. The SMILES string of the molecule is NC(=O)OCC=CCC(Cl)(Cl)Cl. The van der Waals surface area contributed by atoms with Gasteiger partial charge in [0.1, 0.15) is 6.61 Å². The van der Waals surface area contributed by atoms with Gasteiger partial charge in [0, 0.05) is 6.42 Å². The first-order valence-corrected chi connectivity index (χ1v) is 4.19. The quantitative estimate of drug-likeness (QED) is 0.600. The smallest absolute Gasteiger partial charge is 0.404 e. The van der Waals surface area contributed by atoms with Gasteiger partial charge in [-0.3, -0.25) is 0 Å². The molecule has 1 amide bonds. The molecule has 0 aromatic carbocycles. The number of nitrogens with two attached hydrogens (primary N) is 1. The number of rotatable bonds is 3. The molecule has 2 N–H and O–H groups in total. The van der Waals surface area contributed by atoms with Gasteiger partial charge in [-0.2, -0.15) is 0 Å². The van der Waals surface area contributed by atoms with Gasteiger partial charge in [-0.25, -0.2) is 4.79 Å². The van der Waals surface area contributed by atoms with E-state index in [-0.39, 0.29) is 13.0 Å². The van der Waals surface area contributed by atoms with Crippen LogP contribution in [0.5, 0.6) is 0 Å². The van der Waals surface area contributed by atoms with Crippen LogP contribution < -0.4 is 5.73 Å². The van der Waals surface area contributed by atoms with Gasteiger partial charge in [-0.15, -0.1) is 0 Å². The van der Waals surface area contributed by atoms with Crippen molar-refractivity contribution in [2.45, 2.75) is 10.2 Å². The maximum Gasteiger partial charge on any atom is 0.404 e. The Morgan fingerprint density at radius 2 is 2.00 bits per heavy atom. The normalized spacial score (nSPS) is 11.9. The summed E-state index contributed by atoms with van der Waals surface area (Å²) < 4.78 is 3.08. The number of carbonyl (C=O) groups excluding carboxylic acids is 1. The summed E-state index contributed by atoms with van der Waals surface area (Å²) in [5.74, 6) is 0. The van der Waals surface area contributed by atoms with E-state index >= 15 is 0 Å². The zero-order valence-electron chi connectivity index (χ0n) is 6.10. The van der Waals surface area contributed by atoms with Crippen molar-refractivity contribution in [3.8, 4) is 0 Å².